The Morgan fingerprint density at radius 3 is 2.30 bits per heavy atom. The average molecular weight is 163 g/mol. The average Bonchev–Trinajstić information content (AvgIpc) is 1.84. The zero-order chi connectivity index (χ0) is 8.20. The summed E-state index contributed by atoms with van der Waals surface area (Å²) in [5.74, 6) is 0. The lowest BCUT2D eigenvalue weighted by Gasteiger charge is -2.19. The molecule has 0 aliphatic heterocycles. The predicted molar refractivity (Wildman–Crippen MR) is 45.9 cm³/mol. The Hall–Kier alpha value is 0.110. The molecule has 0 aromatic rings. The molecule has 10 heavy (non-hydrogen) atoms. The first-order chi connectivity index (χ1) is 4.50. The van der Waals surface area contributed by atoms with E-state index >= 15 is 0 Å². The van der Waals surface area contributed by atoms with Crippen molar-refractivity contribution in [1.82, 2.24) is 0 Å². The zero-order valence-electron chi connectivity index (χ0n) is 7.02. The van der Waals surface area contributed by atoms with E-state index in [1.165, 1.54) is 0 Å². The Kier molecular flexibility index (Phi) is 4.13. The van der Waals surface area contributed by atoms with Gasteiger partial charge in [0.25, 0.3) is 0 Å². The molecule has 1 atom stereocenters. The monoisotopic (exact) mass is 163 g/mol. The maximum absolute atomic E-state index is 10.9. The molecule has 0 aliphatic carbocycles. The number of unbranched alkanes of at least 4 members (excludes halogenated alkanes) is 1. The predicted octanol–water partition coefficient (Wildman–Crippen LogP) is 1.58. The summed E-state index contributed by atoms with van der Waals surface area (Å²) in [5, 5.41) is 5.28. The molecule has 0 saturated carbocycles. The molecule has 0 fully saturated rings. The first kappa shape index (κ1) is 10.1. The molecule has 62 valence electrons. The van der Waals surface area contributed by atoms with Crippen LogP contribution >= 0.6 is 0 Å². The van der Waals surface area contributed by atoms with Gasteiger partial charge in [0, 0.05) is 0 Å². The van der Waals surface area contributed by atoms with Crippen LogP contribution in [0.1, 0.15) is 40.0 Å². The van der Waals surface area contributed by atoms with Gasteiger partial charge in [0.15, 0.2) is 0 Å². The van der Waals surface area contributed by atoms with E-state index in [0.29, 0.717) is 0 Å². The molecule has 0 amide bonds. The van der Waals surface area contributed by atoms with Crippen molar-refractivity contribution in [3.05, 3.63) is 0 Å². The van der Waals surface area contributed by atoms with Gasteiger partial charge in [0.05, 0.1) is 15.7 Å². The van der Waals surface area contributed by atoms with Crippen molar-refractivity contribution < 1.29 is 4.21 Å². The molecule has 0 rings (SSSR count). The Labute approximate surface area is 65.8 Å². The van der Waals surface area contributed by atoms with E-state index in [1.54, 1.807) is 0 Å². The van der Waals surface area contributed by atoms with Crippen LogP contribution in [0.2, 0.25) is 0 Å². The first-order valence-corrected chi connectivity index (χ1v) is 4.88. The molecule has 1 unspecified atom stereocenters. The summed E-state index contributed by atoms with van der Waals surface area (Å²) >= 11 is 0. The maximum atomic E-state index is 10.9. The minimum atomic E-state index is -1.18. The van der Waals surface area contributed by atoms with Gasteiger partial charge in [0.1, 0.15) is 0 Å². The van der Waals surface area contributed by atoms with Crippen LogP contribution in [0.15, 0.2) is 0 Å². The van der Waals surface area contributed by atoms with Crippen LogP contribution in [0.5, 0.6) is 0 Å². The van der Waals surface area contributed by atoms with Crippen molar-refractivity contribution in [2.45, 2.75) is 44.8 Å². The fourth-order valence-corrected chi connectivity index (χ4v) is 1.05. The van der Waals surface area contributed by atoms with Crippen LogP contribution in [0.4, 0.5) is 0 Å². The summed E-state index contributed by atoms with van der Waals surface area (Å²) in [6.07, 6.45) is 3.20. The zero-order valence-corrected chi connectivity index (χ0v) is 7.83. The van der Waals surface area contributed by atoms with Gasteiger partial charge < -0.3 is 0 Å². The minimum absolute atomic E-state index is 0.198. The number of rotatable bonds is 4. The fraction of sp³-hybridized carbons (Fsp3) is 1.00. The lowest BCUT2D eigenvalue weighted by atomic mass is 10.1. The minimum Gasteiger partial charge on any atom is -0.251 e. The van der Waals surface area contributed by atoms with E-state index in [1.807, 2.05) is 13.8 Å². The summed E-state index contributed by atoms with van der Waals surface area (Å²) in [6, 6.07) is 0. The SMILES string of the molecule is CCCCC(C)(C)S(N)=O. The third-order valence-corrected chi connectivity index (χ3v) is 2.97. The second-order valence-electron chi connectivity index (χ2n) is 3.16. The highest BCUT2D eigenvalue weighted by Crippen LogP contribution is 2.17. The summed E-state index contributed by atoms with van der Waals surface area (Å²) in [5.41, 5.74) is 0. The van der Waals surface area contributed by atoms with Crippen LogP contribution < -0.4 is 5.14 Å². The Morgan fingerprint density at radius 1 is 1.50 bits per heavy atom. The highest BCUT2D eigenvalue weighted by atomic mass is 32.2. The summed E-state index contributed by atoms with van der Waals surface area (Å²) < 4.78 is 10.7. The quantitative estimate of drug-likeness (QED) is 0.671. The van der Waals surface area contributed by atoms with Crippen molar-refractivity contribution in [3.63, 3.8) is 0 Å². The number of hydrogen-bond acceptors (Lipinski definition) is 1. The fourth-order valence-electron chi connectivity index (χ4n) is 0.703. The Balaban J connectivity index is 3.75. The Morgan fingerprint density at radius 2 is 2.00 bits per heavy atom. The van der Waals surface area contributed by atoms with Crippen molar-refractivity contribution in [2.24, 2.45) is 5.14 Å². The van der Waals surface area contributed by atoms with Gasteiger partial charge in [0.2, 0.25) is 0 Å². The molecular formula is C7H17NOS. The van der Waals surface area contributed by atoms with Crippen LogP contribution in [0, 0.1) is 0 Å². The van der Waals surface area contributed by atoms with E-state index in [0.717, 1.165) is 19.3 Å². The van der Waals surface area contributed by atoms with Gasteiger partial charge in [-0.1, -0.05) is 19.8 Å². The lowest BCUT2D eigenvalue weighted by Crippen LogP contribution is -2.31. The molecule has 3 heteroatoms. The van der Waals surface area contributed by atoms with Gasteiger partial charge in [-0.15, -0.1) is 0 Å². The maximum Gasteiger partial charge on any atom is 0.0945 e. The van der Waals surface area contributed by atoms with Gasteiger partial charge in [-0.25, -0.2) is 4.21 Å². The topological polar surface area (TPSA) is 43.1 Å². The summed E-state index contributed by atoms with van der Waals surface area (Å²) in [7, 11) is -1.18. The Bertz CT molecular complexity index is 123. The second kappa shape index (κ2) is 4.09. The molecule has 0 aromatic carbocycles. The third-order valence-electron chi connectivity index (χ3n) is 1.68. The highest BCUT2D eigenvalue weighted by molar-refractivity contribution is 7.84. The third kappa shape index (κ3) is 3.32. The van der Waals surface area contributed by atoms with Crippen LogP contribution in [-0.4, -0.2) is 8.96 Å². The molecule has 0 spiro atoms. The lowest BCUT2D eigenvalue weighted by molar-refractivity contribution is 0.563. The van der Waals surface area contributed by atoms with Crippen molar-refractivity contribution in [3.8, 4) is 0 Å². The molecule has 0 bridgehead atoms. The standard InChI is InChI=1S/C7H17NOS/c1-4-5-6-7(2,3)10(8)9/h4-6,8H2,1-3H3. The van der Waals surface area contributed by atoms with E-state index in [-0.39, 0.29) is 4.75 Å². The molecule has 0 aliphatic rings. The van der Waals surface area contributed by atoms with Gasteiger partial charge in [-0.3, -0.25) is 5.14 Å². The molecule has 2 N–H and O–H groups in total. The molecule has 0 heterocycles. The van der Waals surface area contributed by atoms with Gasteiger partial charge in [-0.2, -0.15) is 0 Å². The molecule has 0 radical (unpaired) electrons. The summed E-state index contributed by atoms with van der Waals surface area (Å²) in [6.45, 7) is 6.01. The van der Waals surface area contributed by atoms with Crippen LogP contribution in [0.3, 0.4) is 0 Å². The molecule has 0 aromatic heterocycles. The van der Waals surface area contributed by atoms with E-state index in [9.17, 15) is 4.21 Å². The smallest absolute Gasteiger partial charge is 0.0945 e. The van der Waals surface area contributed by atoms with E-state index in [2.05, 4.69) is 6.92 Å². The van der Waals surface area contributed by atoms with Crippen LogP contribution in [-0.2, 0) is 11.0 Å². The summed E-state index contributed by atoms with van der Waals surface area (Å²) in [4.78, 5) is 0. The number of nitrogens with two attached hydrogens (primary N) is 1. The second-order valence-corrected chi connectivity index (χ2v) is 4.86. The van der Waals surface area contributed by atoms with Crippen molar-refractivity contribution in [2.75, 3.05) is 0 Å². The largest absolute Gasteiger partial charge is 0.251 e. The van der Waals surface area contributed by atoms with Crippen molar-refractivity contribution >= 4 is 11.0 Å². The van der Waals surface area contributed by atoms with Gasteiger partial charge in [-0.05, 0) is 20.3 Å². The van der Waals surface area contributed by atoms with Crippen molar-refractivity contribution in [1.29, 1.82) is 0 Å². The first-order valence-electron chi connectivity index (χ1n) is 3.67. The molecular weight excluding hydrogens is 146 g/mol. The highest BCUT2D eigenvalue weighted by Gasteiger charge is 2.21. The van der Waals surface area contributed by atoms with Gasteiger partial charge >= 0.3 is 0 Å². The van der Waals surface area contributed by atoms with Crippen LogP contribution in [0.25, 0.3) is 0 Å². The molecule has 2 nitrogen and oxygen atoms in total. The van der Waals surface area contributed by atoms with E-state index in [4.69, 9.17) is 5.14 Å². The molecule has 0 saturated heterocycles. The van der Waals surface area contributed by atoms with E-state index < -0.39 is 11.0 Å². The normalized spacial score (nSPS) is 15.2. The number of hydrogen-bond donors (Lipinski definition) is 1.